The van der Waals surface area contributed by atoms with Gasteiger partial charge in [-0.15, -0.1) is 0 Å². The van der Waals surface area contributed by atoms with Crippen LogP contribution in [0.1, 0.15) is 61.6 Å². The van der Waals surface area contributed by atoms with Gasteiger partial charge in [-0.25, -0.2) is 0 Å². The summed E-state index contributed by atoms with van der Waals surface area (Å²) in [7, 11) is 0. The summed E-state index contributed by atoms with van der Waals surface area (Å²) in [6, 6.07) is 8.56. The molecule has 4 rings (SSSR count). The van der Waals surface area contributed by atoms with Crippen molar-refractivity contribution in [2.75, 3.05) is 0 Å². The molecule has 2 saturated carbocycles. The van der Waals surface area contributed by atoms with Crippen LogP contribution in [0.5, 0.6) is 0 Å². The molecule has 3 aliphatic rings. The average molecular weight is 281 g/mol. The van der Waals surface area contributed by atoms with E-state index in [2.05, 4.69) is 25.1 Å². The summed E-state index contributed by atoms with van der Waals surface area (Å²) >= 11 is 0. The lowest BCUT2D eigenvalue weighted by molar-refractivity contribution is -0.0226. The number of nitrogens with zero attached hydrogens (tertiary/aromatic N) is 1. The Morgan fingerprint density at radius 3 is 2.90 bits per heavy atom. The molecule has 3 aliphatic carbocycles. The molecule has 0 spiro atoms. The van der Waals surface area contributed by atoms with Gasteiger partial charge in [0.05, 0.1) is 17.7 Å². The Kier molecular flexibility index (Phi) is 2.91. The Balaban J connectivity index is 1.70. The van der Waals surface area contributed by atoms with Crippen LogP contribution in [0.15, 0.2) is 18.2 Å². The fourth-order valence-corrected chi connectivity index (χ4v) is 5.62. The van der Waals surface area contributed by atoms with Crippen LogP contribution in [-0.2, 0) is 6.42 Å². The maximum absolute atomic E-state index is 10.4. The molecule has 2 heteroatoms. The third-order valence-electron chi connectivity index (χ3n) is 6.81. The SMILES string of the molecule is C[C@]12CCC3c4ccc(C#N)cc4CCC3C1CC[C@@H]2O. The van der Waals surface area contributed by atoms with Crippen LogP contribution in [0.25, 0.3) is 0 Å². The molecule has 0 saturated heterocycles. The van der Waals surface area contributed by atoms with E-state index in [0.29, 0.717) is 11.8 Å². The van der Waals surface area contributed by atoms with Crippen LogP contribution >= 0.6 is 0 Å². The summed E-state index contributed by atoms with van der Waals surface area (Å²) in [6.45, 7) is 2.32. The molecule has 0 heterocycles. The minimum atomic E-state index is -0.0918. The highest BCUT2D eigenvalue weighted by Gasteiger charge is 2.54. The maximum Gasteiger partial charge on any atom is 0.0991 e. The molecule has 0 aromatic heterocycles. The Morgan fingerprint density at radius 1 is 1.24 bits per heavy atom. The number of benzene rings is 1. The van der Waals surface area contributed by atoms with Gasteiger partial charge in [-0.05, 0) is 85.0 Å². The summed E-state index contributed by atoms with van der Waals surface area (Å²) in [6.07, 6.45) is 6.79. The first-order chi connectivity index (χ1) is 10.1. The van der Waals surface area contributed by atoms with Crippen LogP contribution in [0, 0.1) is 28.6 Å². The van der Waals surface area contributed by atoms with E-state index in [1.807, 2.05) is 6.07 Å². The van der Waals surface area contributed by atoms with E-state index in [4.69, 9.17) is 5.26 Å². The highest BCUT2D eigenvalue weighted by Crippen LogP contribution is 2.60. The first-order valence-corrected chi connectivity index (χ1v) is 8.34. The van der Waals surface area contributed by atoms with Crippen LogP contribution in [-0.4, -0.2) is 11.2 Å². The van der Waals surface area contributed by atoms with E-state index in [0.717, 1.165) is 30.7 Å². The van der Waals surface area contributed by atoms with Gasteiger partial charge < -0.3 is 5.11 Å². The molecule has 5 atom stereocenters. The predicted molar refractivity (Wildman–Crippen MR) is 81.8 cm³/mol. The fraction of sp³-hybridized carbons (Fsp3) is 0.632. The van der Waals surface area contributed by atoms with Crippen LogP contribution in [0.4, 0.5) is 0 Å². The first kappa shape index (κ1) is 13.3. The molecule has 0 bridgehead atoms. The van der Waals surface area contributed by atoms with Crippen molar-refractivity contribution in [1.29, 1.82) is 5.26 Å². The second-order valence-corrected chi connectivity index (χ2v) is 7.58. The Hall–Kier alpha value is -1.33. The highest BCUT2D eigenvalue weighted by molar-refractivity contribution is 5.42. The topological polar surface area (TPSA) is 44.0 Å². The Bertz CT molecular complexity index is 616. The molecule has 2 nitrogen and oxygen atoms in total. The van der Waals surface area contributed by atoms with Crippen molar-refractivity contribution in [3.63, 3.8) is 0 Å². The third-order valence-corrected chi connectivity index (χ3v) is 6.81. The Morgan fingerprint density at radius 2 is 2.10 bits per heavy atom. The van der Waals surface area contributed by atoms with Crippen molar-refractivity contribution in [2.24, 2.45) is 17.3 Å². The van der Waals surface area contributed by atoms with E-state index in [-0.39, 0.29) is 11.5 Å². The Labute approximate surface area is 126 Å². The van der Waals surface area contributed by atoms with Gasteiger partial charge in [-0.1, -0.05) is 13.0 Å². The fourth-order valence-electron chi connectivity index (χ4n) is 5.62. The summed E-state index contributed by atoms with van der Waals surface area (Å²) < 4.78 is 0. The zero-order chi connectivity index (χ0) is 14.6. The normalized spacial score (nSPS) is 40.8. The zero-order valence-corrected chi connectivity index (χ0v) is 12.7. The maximum atomic E-state index is 10.4. The third kappa shape index (κ3) is 1.80. The standard InChI is InChI=1S/C19H23NO/c1-19-9-8-15-14-4-2-12(11-20)10-13(14)3-5-16(15)17(19)6-7-18(19)21/h2,4,10,15-18,21H,3,5-9H2,1H3/t15?,16?,17?,18-,19-/m0/s1. The monoisotopic (exact) mass is 281 g/mol. The van der Waals surface area contributed by atoms with Crippen molar-refractivity contribution in [3.8, 4) is 6.07 Å². The molecule has 21 heavy (non-hydrogen) atoms. The van der Waals surface area contributed by atoms with E-state index < -0.39 is 0 Å². The molecule has 1 N–H and O–H groups in total. The molecule has 3 unspecified atom stereocenters. The molecule has 0 radical (unpaired) electrons. The van der Waals surface area contributed by atoms with Crippen molar-refractivity contribution >= 4 is 0 Å². The molecular weight excluding hydrogens is 258 g/mol. The van der Waals surface area contributed by atoms with Crippen molar-refractivity contribution < 1.29 is 5.11 Å². The molecule has 1 aromatic rings. The number of hydrogen-bond donors (Lipinski definition) is 1. The first-order valence-electron chi connectivity index (χ1n) is 8.34. The van der Waals surface area contributed by atoms with Gasteiger partial charge in [0.15, 0.2) is 0 Å². The lowest BCUT2D eigenvalue weighted by Gasteiger charge is -2.50. The summed E-state index contributed by atoms with van der Waals surface area (Å²) in [5.41, 5.74) is 3.85. The number of aliphatic hydroxyl groups is 1. The van der Waals surface area contributed by atoms with Gasteiger partial charge in [0.1, 0.15) is 0 Å². The molecule has 0 aliphatic heterocycles. The summed E-state index contributed by atoms with van der Waals surface area (Å²) in [5, 5.41) is 19.5. The highest BCUT2D eigenvalue weighted by atomic mass is 16.3. The quantitative estimate of drug-likeness (QED) is 0.786. The lowest BCUT2D eigenvalue weighted by atomic mass is 9.55. The van der Waals surface area contributed by atoms with Crippen molar-refractivity contribution in [1.82, 2.24) is 0 Å². The van der Waals surface area contributed by atoms with Gasteiger partial charge in [-0.2, -0.15) is 5.26 Å². The number of nitriles is 1. The van der Waals surface area contributed by atoms with Gasteiger partial charge in [0, 0.05) is 0 Å². The number of fused-ring (bicyclic) bond motifs is 5. The largest absolute Gasteiger partial charge is 0.393 e. The van der Waals surface area contributed by atoms with Crippen molar-refractivity contribution in [3.05, 3.63) is 34.9 Å². The number of aryl methyl sites for hydroxylation is 1. The molecule has 110 valence electrons. The molecule has 0 amide bonds. The van der Waals surface area contributed by atoms with E-state index in [1.165, 1.54) is 30.4 Å². The lowest BCUT2D eigenvalue weighted by Crippen LogP contribution is -2.43. The van der Waals surface area contributed by atoms with Crippen LogP contribution < -0.4 is 0 Å². The van der Waals surface area contributed by atoms with Gasteiger partial charge in [0.2, 0.25) is 0 Å². The number of rotatable bonds is 0. The van der Waals surface area contributed by atoms with Gasteiger partial charge in [-0.3, -0.25) is 0 Å². The van der Waals surface area contributed by atoms with Crippen LogP contribution in [0.2, 0.25) is 0 Å². The summed E-state index contributed by atoms with van der Waals surface area (Å²) in [5.74, 6) is 2.08. The minimum Gasteiger partial charge on any atom is -0.393 e. The van der Waals surface area contributed by atoms with Crippen molar-refractivity contribution in [2.45, 2.75) is 57.5 Å². The van der Waals surface area contributed by atoms with E-state index in [1.54, 1.807) is 0 Å². The second kappa shape index (κ2) is 4.58. The molecule has 2 fully saturated rings. The van der Waals surface area contributed by atoms with Gasteiger partial charge in [0.25, 0.3) is 0 Å². The van der Waals surface area contributed by atoms with E-state index in [9.17, 15) is 5.11 Å². The van der Waals surface area contributed by atoms with Gasteiger partial charge >= 0.3 is 0 Å². The minimum absolute atomic E-state index is 0.0918. The molecular formula is C19H23NO. The molecule has 1 aromatic carbocycles. The van der Waals surface area contributed by atoms with Crippen LogP contribution in [0.3, 0.4) is 0 Å². The number of aliphatic hydroxyl groups excluding tert-OH is 1. The average Bonchev–Trinajstić information content (AvgIpc) is 2.82. The van der Waals surface area contributed by atoms with E-state index >= 15 is 0 Å². The predicted octanol–water partition coefficient (Wildman–Crippen LogP) is 3.78. The summed E-state index contributed by atoms with van der Waals surface area (Å²) in [4.78, 5) is 0. The number of hydrogen-bond acceptors (Lipinski definition) is 2. The second-order valence-electron chi connectivity index (χ2n) is 7.58. The smallest absolute Gasteiger partial charge is 0.0991 e. The zero-order valence-electron chi connectivity index (χ0n) is 12.7.